The average molecular weight is 562 g/mol. The van der Waals surface area contributed by atoms with Gasteiger partial charge in [0, 0.05) is 11.1 Å². The van der Waals surface area contributed by atoms with Gasteiger partial charge in [-0.05, 0) is 31.2 Å². The fourth-order valence-corrected chi connectivity index (χ4v) is 4.26. The Kier molecular flexibility index (Phi) is 10.6. The Labute approximate surface area is 233 Å². The molecule has 0 aliphatic rings. The molecule has 0 unspecified atom stereocenters. The molecule has 0 N–H and O–H groups in total. The first-order valence-electron chi connectivity index (χ1n) is 10.8. The molecule has 34 heavy (non-hydrogen) atoms. The minimum atomic E-state index is 0. The number of rotatable bonds is 3. The second kappa shape index (κ2) is 12.9. The van der Waals surface area contributed by atoms with Gasteiger partial charge in [0.15, 0.2) is 0 Å². The maximum atomic E-state index is 2.33. The Morgan fingerprint density at radius 2 is 1.32 bits per heavy atom. The van der Waals surface area contributed by atoms with Crippen LogP contribution < -0.4 is 24.8 Å². The molecular formula is C30H25Cl2NZr. The van der Waals surface area contributed by atoms with Crippen molar-refractivity contribution in [1.82, 2.24) is 4.57 Å². The van der Waals surface area contributed by atoms with Crippen LogP contribution in [-0.4, -0.2) is 4.57 Å². The normalized spacial score (nSPS) is 9.91. The first-order valence-corrected chi connectivity index (χ1v) is 10.8. The maximum absolute atomic E-state index is 2.33. The van der Waals surface area contributed by atoms with E-state index >= 15 is 0 Å². The van der Waals surface area contributed by atoms with Crippen molar-refractivity contribution in [3.8, 4) is 5.69 Å². The molecule has 0 amide bonds. The molecule has 6 rings (SSSR count). The number of para-hydroxylation sites is 1. The summed E-state index contributed by atoms with van der Waals surface area (Å²) in [6.45, 7) is 2.16. The minimum absolute atomic E-state index is 0. The summed E-state index contributed by atoms with van der Waals surface area (Å²) in [6, 6.07) is 42.8. The van der Waals surface area contributed by atoms with Crippen LogP contribution in [-0.2, 0) is 32.6 Å². The largest absolute Gasteiger partial charge is 4.00 e. The number of aryl methyl sites for hydroxylation is 1. The molecule has 6 aromatic rings. The van der Waals surface area contributed by atoms with Gasteiger partial charge in [-0.3, -0.25) is 0 Å². The first-order chi connectivity index (χ1) is 15.3. The van der Waals surface area contributed by atoms with Gasteiger partial charge in [-0.25, -0.2) is 12.1 Å². The summed E-state index contributed by atoms with van der Waals surface area (Å²) in [5.41, 5.74) is 6.57. The van der Waals surface area contributed by atoms with Crippen LogP contribution in [0.5, 0.6) is 0 Å². The van der Waals surface area contributed by atoms with Gasteiger partial charge >= 0.3 is 26.2 Å². The van der Waals surface area contributed by atoms with Crippen LogP contribution in [0.1, 0.15) is 16.8 Å². The number of nitrogens with zero attached hydrogens (tertiary/aromatic N) is 1. The van der Waals surface area contributed by atoms with E-state index in [4.69, 9.17) is 0 Å². The first kappa shape index (κ1) is 27.9. The van der Waals surface area contributed by atoms with Gasteiger partial charge in [-0.1, -0.05) is 60.2 Å². The Morgan fingerprint density at radius 3 is 2.03 bits per heavy atom. The van der Waals surface area contributed by atoms with Gasteiger partial charge in [-0.2, -0.15) is 17.7 Å². The number of benzene rings is 3. The Morgan fingerprint density at radius 1 is 0.706 bits per heavy atom. The topological polar surface area (TPSA) is 4.93 Å². The van der Waals surface area contributed by atoms with Crippen molar-refractivity contribution in [2.75, 3.05) is 0 Å². The zero-order valence-electron chi connectivity index (χ0n) is 19.0. The third-order valence-corrected chi connectivity index (χ3v) is 5.74. The van der Waals surface area contributed by atoms with E-state index in [9.17, 15) is 0 Å². The van der Waals surface area contributed by atoms with Gasteiger partial charge in [-0.15, -0.1) is 41.1 Å². The predicted octanol–water partition coefficient (Wildman–Crippen LogP) is 1.81. The molecule has 0 fully saturated rings. The molecule has 0 aliphatic heterocycles. The van der Waals surface area contributed by atoms with Crippen LogP contribution in [0.3, 0.4) is 0 Å². The monoisotopic (exact) mass is 559 g/mol. The molecule has 168 valence electrons. The van der Waals surface area contributed by atoms with E-state index in [1.165, 1.54) is 44.2 Å². The molecule has 4 heteroatoms. The summed E-state index contributed by atoms with van der Waals surface area (Å²) in [6.07, 6.45) is 1.05. The van der Waals surface area contributed by atoms with Crippen molar-refractivity contribution in [3.05, 3.63) is 138 Å². The van der Waals surface area contributed by atoms with Crippen molar-refractivity contribution in [2.24, 2.45) is 0 Å². The van der Waals surface area contributed by atoms with E-state index in [2.05, 4.69) is 133 Å². The maximum Gasteiger partial charge on any atom is 4.00 e. The molecule has 1 aromatic heterocycles. The molecule has 0 saturated heterocycles. The molecule has 0 saturated carbocycles. The molecule has 0 radical (unpaired) electrons. The fraction of sp³-hybridized carbons (Fsp3) is 0.0667. The average Bonchev–Trinajstić information content (AvgIpc) is 3.52. The summed E-state index contributed by atoms with van der Waals surface area (Å²) in [4.78, 5) is 0. The van der Waals surface area contributed by atoms with Crippen LogP contribution in [0.15, 0.2) is 121 Å². The summed E-state index contributed by atoms with van der Waals surface area (Å²) >= 11 is 0. The number of hydrogen-bond donors (Lipinski definition) is 0. The second-order valence-corrected chi connectivity index (χ2v) is 7.98. The molecule has 1 nitrogen and oxygen atoms in total. The Bertz CT molecular complexity index is 1380. The van der Waals surface area contributed by atoms with Crippen molar-refractivity contribution in [2.45, 2.75) is 13.3 Å². The van der Waals surface area contributed by atoms with Crippen LogP contribution in [0.4, 0.5) is 0 Å². The van der Waals surface area contributed by atoms with Crippen LogP contribution in [0, 0.1) is 6.92 Å². The number of fused-ring (bicyclic) bond motifs is 2. The van der Waals surface area contributed by atoms with Gasteiger partial charge in [0.25, 0.3) is 0 Å². The quantitative estimate of drug-likeness (QED) is 0.291. The van der Waals surface area contributed by atoms with E-state index in [0.717, 1.165) is 6.42 Å². The number of aromatic nitrogens is 1. The second-order valence-electron chi connectivity index (χ2n) is 7.98. The van der Waals surface area contributed by atoms with E-state index in [0.29, 0.717) is 0 Å². The van der Waals surface area contributed by atoms with Crippen molar-refractivity contribution in [1.29, 1.82) is 0 Å². The van der Waals surface area contributed by atoms with E-state index < -0.39 is 0 Å². The van der Waals surface area contributed by atoms with Crippen LogP contribution in [0.2, 0.25) is 0 Å². The zero-order valence-corrected chi connectivity index (χ0v) is 22.9. The van der Waals surface area contributed by atoms with E-state index in [1.807, 2.05) is 0 Å². The zero-order chi connectivity index (χ0) is 21.0. The van der Waals surface area contributed by atoms with Crippen molar-refractivity contribution < 1.29 is 51.0 Å². The molecular weight excluding hydrogens is 536 g/mol. The van der Waals surface area contributed by atoms with Crippen molar-refractivity contribution in [3.63, 3.8) is 0 Å². The molecule has 0 atom stereocenters. The van der Waals surface area contributed by atoms with Gasteiger partial charge in [0.2, 0.25) is 0 Å². The molecule has 0 bridgehead atoms. The molecule has 0 spiro atoms. The summed E-state index contributed by atoms with van der Waals surface area (Å²) in [7, 11) is 0. The molecule has 1 heterocycles. The third kappa shape index (κ3) is 6.19. The fourth-order valence-electron chi connectivity index (χ4n) is 4.26. The molecule has 5 aromatic carbocycles. The smallest absolute Gasteiger partial charge is 1.00 e. The number of hydrogen-bond acceptors (Lipinski definition) is 0. The van der Waals surface area contributed by atoms with Gasteiger partial charge in [0.05, 0.1) is 5.52 Å². The van der Waals surface area contributed by atoms with Crippen LogP contribution >= 0.6 is 0 Å². The third-order valence-electron chi connectivity index (χ3n) is 5.74. The van der Waals surface area contributed by atoms with E-state index in [1.54, 1.807) is 0 Å². The number of halogens is 2. The summed E-state index contributed by atoms with van der Waals surface area (Å²) in [5.74, 6) is 0. The molecule has 0 aliphatic carbocycles. The van der Waals surface area contributed by atoms with Crippen LogP contribution in [0.25, 0.3) is 27.4 Å². The minimum Gasteiger partial charge on any atom is -1.00 e. The standard InChI is InChI=1S/C18H14N.C12H11.2ClH.Zr/c1-13-10-16-8-4-5-9-18(16)19(13)17-11-14-6-2-3-7-15(14)12-17;1-2-6-11(7-3-1)10-12-8-4-5-9-12;;;/h2-12H,1H3;1-9H,10H2;2*1H;/q2*-1;;;+4/p-2. The van der Waals surface area contributed by atoms with Crippen molar-refractivity contribution >= 4 is 21.7 Å². The van der Waals surface area contributed by atoms with Gasteiger partial charge in [0.1, 0.15) is 0 Å². The van der Waals surface area contributed by atoms with Gasteiger partial charge < -0.3 is 29.4 Å². The summed E-state index contributed by atoms with van der Waals surface area (Å²) in [5, 5.41) is 3.90. The van der Waals surface area contributed by atoms with E-state index in [-0.39, 0.29) is 51.0 Å². The summed E-state index contributed by atoms with van der Waals surface area (Å²) < 4.78 is 2.33. The predicted molar refractivity (Wildman–Crippen MR) is 132 cm³/mol. The SMILES string of the molecule is Cc1cc2ccccc2n1-c1cc2ccccc2[cH-]1.[Cl-].[Cl-].[Zr+4].c1ccc(C[c-]2cccc2)cc1. The Hall–Kier alpha value is -2.38. The Balaban J connectivity index is 0.000000240.